The molecule has 17 heavy (non-hydrogen) atoms. The summed E-state index contributed by atoms with van der Waals surface area (Å²) in [6.45, 7) is 8.23. The lowest BCUT2D eigenvalue weighted by Gasteiger charge is -2.16. The molecule has 96 valence electrons. The second-order valence-electron chi connectivity index (χ2n) is 3.98. The van der Waals surface area contributed by atoms with Gasteiger partial charge in [0.05, 0.1) is 0 Å². The Kier molecular flexibility index (Phi) is 7.76. The lowest BCUT2D eigenvalue weighted by Crippen LogP contribution is -2.28. The molecule has 0 spiro atoms. The molecule has 4 heteroatoms. The molecule has 0 heterocycles. The summed E-state index contributed by atoms with van der Waals surface area (Å²) in [5, 5.41) is 0. The van der Waals surface area contributed by atoms with Crippen LogP contribution in [0.15, 0.2) is 25.3 Å². The van der Waals surface area contributed by atoms with Gasteiger partial charge >= 0.3 is 0 Å². The highest BCUT2D eigenvalue weighted by molar-refractivity contribution is 5.78. The highest BCUT2D eigenvalue weighted by Crippen LogP contribution is 2.02. The van der Waals surface area contributed by atoms with E-state index in [4.69, 9.17) is 0 Å². The maximum atomic E-state index is 11.5. The van der Waals surface area contributed by atoms with Gasteiger partial charge in [-0.05, 0) is 6.42 Å². The standard InChI is InChI=1S/C13H22N2O2/c1-5-10-14(3)12(16)8-7-9-13(17)15(4)11-6-2/h5-6H,1-2,7-11H2,3-4H3. The summed E-state index contributed by atoms with van der Waals surface area (Å²) in [4.78, 5) is 26.3. The summed E-state index contributed by atoms with van der Waals surface area (Å²) < 4.78 is 0. The number of hydrogen-bond donors (Lipinski definition) is 0. The molecule has 0 radical (unpaired) electrons. The second-order valence-corrected chi connectivity index (χ2v) is 3.98. The minimum atomic E-state index is 0.0454. The van der Waals surface area contributed by atoms with E-state index < -0.39 is 0 Å². The molecular formula is C13H22N2O2. The molecule has 0 bridgehead atoms. The van der Waals surface area contributed by atoms with Gasteiger partial charge in [0.2, 0.25) is 11.8 Å². The minimum Gasteiger partial charge on any atom is -0.342 e. The SMILES string of the molecule is C=CCN(C)C(=O)CCCC(=O)N(C)CC=C. The first-order valence-corrected chi connectivity index (χ1v) is 5.72. The summed E-state index contributed by atoms with van der Waals surface area (Å²) in [6.07, 6.45) is 4.75. The third-order valence-electron chi connectivity index (χ3n) is 2.44. The fourth-order valence-electron chi connectivity index (χ4n) is 1.36. The molecule has 0 aromatic carbocycles. The molecule has 0 aromatic rings. The van der Waals surface area contributed by atoms with Gasteiger partial charge in [-0.1, -0.05) is 12.2 Å². The van der Waals surface area contributed by atoms with E-state index in [-0.39, 0.29) is 11.8 Å². The van der Waals surface area contributed by atoms with Gasteiger partial charge in [-0.3, -0.25) is 9.59 Å². The van der Waals surface area contributed by atoms with Crippen LogP contribution in [0.4, 0.5) is 0 Å². The van der Waals surface area contributed by atoms with E-state index in [1.54, 1.807) is 36.0 Å². The first-order valence-electron chi connectivity index (χ1n) is 5.72. The molecule has 4 nitrogen and oxygen atoms in total. The Hall–Kier alpha value is -1.58. The molecule has 0 aliphatic carbocycles. The van der Waals surface area contributed by atoms with Crippen molar-refractivity contribution in [3.63, 3.8) is 0 Å². The number of rotatable bonds is 8. The topological polar surface area (TPSA) is 40.6 Å². The van der Waals surface area contributed by atoms with Crippen molar-refractivity contribution in [2.45, 2.75) is 19.3 Å². The Balaban J connectivity index is 3.83. The van der Waals surface area contributed by atoms with Crippen LogP contribution in [0.25, 0.3) is 0 Å². The van der Waals surface area contributed by atoms with Gasteiger partial charge in [-0.2, -0.15) is 0 Å². The van der Waals surface area contributed by atoms with Gasteiger partial charge in [-0.15, -0.1) is 13.2 Å². The number of likely N-dealkylation sites (N-methyl/N-ethyl adjacent to an activating group) is 2. The van der Waals surface area contributed by atoms with Crippen LogP contribution in [0.1, 0.15) is 19.3 Å². The Bertz CT molecular complexity index is 259. The minimum absolute atomic E-state index is 0.0454. The lowest BCUT2D eigenvalue weighted by molar-refractivity contribution is -0.131. The molecule has 0 fully saturated rings. The molecule has 0 unspecified atom stereocenters. The lowest BCUT2D eigenvalue weighted by atomic mass is 10.2. The first-order chi connectivity index (χ1) is 8.02. The van der Waals surface area contributed by atoms with E-state index in [0.29, 0.717) is 32.4 Å². The molecule has 0 aliphatic heterocycles. The molecular weight excluding hydrogens is 216 g/mol. The smallest absolute Gasteiger partial charge is 0.222 e. The number of carbonyl (C=O) groups excluding carboxylic acids is 2. The largest absolute Gasteiger partial charge is 0.342 e. The maximum absolute atomic E-state index is 11.5. The average molecular weight is 238 g/mol. The van der Waals surface area contributed by atoms with Gasteiger partial charge in [0, 0.05) is 40.0 Å². The summed E-state index contributed by atoms with van der Waals surface area (Å²) in [5.41, 5.74) is 0. The van der Waals surface area contributed by atoms with E-state index in [2.05, 4.69) is 13.2 Å². The van der Waals surface area contributed by atoms with E-state index >= 15 is 0 Å². The number of amides is 2. The Labute approximate surface area is 104 Å². The third kappa shape index (κ3) is 6.56. The van der Waals surface area contributed by atoms with Crippen LogP contribution < -0.4 is 0 Å². The monoisotopic (exact) mass is 238 g/mol. The van der Waals surface area contributed by atoms with Gasteiger partial charge in [0.25, 0.3) is 0 Å². The predicted molar refractivity (Wildman–Crippen MR) is 69.5 cm³/mol. The fourth-order valence-corrected chi connectivity index (χ4v) is 1.36. The third-order valence-corrected chi connectivity index (χ3v) is 2.44. The average Bonchev–Trinajstić information content (AvgIpc) is 2.29. The Morgan fingerprint density at radius 2 is 1.29 bits per heavy atom. The molecule has 0 aromatic heterocycles. The number of nitrogens with zero attached hydrogens (tertiary/aromatic N) is 2. The molecule has 0 aliphatic rings. The zero-order valence-electron chi connectivity index (χ0n) is 10.8. The fraction of sp³-hybridized carbons (Fsp3) is 0.538. The van der Waals surface area contributed by atoms with E-state index in [9.17, 15) is 9.59 Å². The van der Waals surface area contributed by atoms with E-state index in [0.717, 1.165) is 0 Å². The maximum Gasteiger partial charge on any atom is 0.222 e. The number of hydrogen-bond acceptors (Lipinski definition) is 2. The summed E-state index contributed by atoms with van der Waals surface area (Å²) in [6, 6.07) is 0. The van der Waals surface area contributed by atoms with Crippen LogP contribution >= 0.6 is 0 Å². The van der Waals surface area contributed by atoms with E-state index in [1.807, 2.05) is 0 Å². The molecule has 0 atom stereocenters. The highest BCUT2D eigenvalue weighted by atomic mass is 16.2. The van der Waals surface area contributed by atoms with Gasteiger partial charge < -0.3 is 9.80 Å². The quantitative estimate of drug-likeness (QED) is 0.600. The van der Waals surface area contributed by atoms with Gasteiger partial charge in [0.1, 0.15) is 0 Å². The van der Waals surface area contributed by atoms with Crippen molar-refractivity contribution in [2.75, 3.05) is 27.2 Å². The Morgan fingerprint density at radius 3 is 1.59 bits per heavy atom. The van der Waals surface area contributed by atoms with Crippen LogP contribution in [-0.2, 0) is 9.59 Å². The second kappa shape index (κ2) is 8.56. The Morgan fingerprint density at radius 1 is 0.941 bits per heavy atom. The van der Waals surface area contributed by atoms with Crippen LogP contribution in [0, 0.1) is 0 Å². The normalized spacial score (nSPS) is 9.53. The molecule has 0 rings (SSSR count). The van der Waals surface area contributed by atoms with Crippen molar-refractivity contribution < 1.29 is 9.59 Å². The van der Waals surface area contributed by atoms with Crippen LogP contribution in [0.2, 0.25) is 0 Å². The van der Waals surface area contributed by atoms with Crippen LogP contribution in [-0.4, -0.2) is 48.8 Å². The number of carbonyl (C=O) groups is 2. The summed E-state index contributed by atoms with van der Waals surface area (Å²) in [7, 11) is 3.46. The molecule has 0 saturated heterocycles. The molecule has 2 amide bonds. The van der Waals surface area contributed by atoms with Gasteiger partial charge in [0.15, 0.2) is 0 Å². The van der Waals surface area contributed by atoms with Crippen molar-refractivity contribution in [1.82, 2.24) is 9.80 Å². The van der Waals surface area contributed by atoms with Crippen molar-refractivity contribution in [3.05, 3.63) is 25.3 Å². The van der Waals surface area contributed by atoms with Gasteiger partial charge in [-0.25, -0.2) is 0 Å². The predicted octanol–water partition coefficient (Wildman–Crippen LogP) is 1.45. The summed E-state index contributed by atoms with van der Waals surface area (Å²) >= 11 is 0. The zero-order chi connectivity index (χ0) is 13.3. The zero-order valence-corrected chi connectivity index (χ0v) is 10.8. The molecule has 0 N–H and O–H groups in total. The molecule has 0 saturated carbocycles. The highest BCUT2D eigenvalue weighted by Gasteiger charge is 2.10. The van der Waals surface area contributed by atoms with Crippen molar-refractivity contribution >= 4 is 11.8 Å². The van der Waals surface area contributed by atoms with Crippen molar-refractivity contribution in [1.29, 1.82) is 0 Å². The van der Waals surface area contributed by atoms with Crippen LogP contribution in [0.5, 0.6) is 0 Å². The van der Waals surface area contributed by atoms with Crippen molar-refractivity contribution in [2.24, 2.45) is 0 Å². The van der Waals surface area contributed by atoms with Crippen LogP contribution in [0.3, 0.4) is 0 Å². The summed E-state index contributed by atoms with van der Waals surface area (Å²) in [5.74, 6) is 0.0909. The van der Waals surface area contributed by atoms with E-state index in [1.165, 1.54) is 0 Å². The first kappa shape index (κ1) is 15.4. The van der Waals surface area contributed by atoms with Crippen molar-refractivity contribution in [3.8, 4) is 0 Å².